The van der Waals surface area contributed by atoms with Gasteiger partial charge in [-0.15, -0.1) is 0 Å². The summed E-state index contributed by atoms with van der Waals surface area (Å²) in [6, 6.07) is 4.70. The first-order chi connectivity index (χ1) is 8.49. The zero-order chi connectivity index (χ0) is 13.7. The van der Waals surface area contributed by atoms with Gasteiger partial charge in [-0.05, 0) is 43.1 Å². The molecule has 0 saturated heterocycles. The van der Waals surface area contributed by atoms with Crippen LogP contribution in [0.1, 0.15) is 19.4 Å². The second-order valence-corrected chi connectivity index (χ2v) is 5.22. The third kappa shape index (κ3) is 3.94. The molecule has 18 heavy (non-hydrogen) atoms. The first kappa shape index (κ1) is 15.4. The molecule has 1 N–H and O–H groups in total. The SMILES string of the molecule is CNC(Cc1cc(Cl)ccc1F)C(OC)C(C)C. The Labute approximate surface area is 113 Å². The second kappa shape index (κ2) is 7.07. The quantitative estimate of drug-likeness (QED) is 0.859. The van der Waals surface area contributed by atoms with E-state index in [1.807, 2.05) is 7.05 Å². The minimum absolute atomic E-state index is 0.0355. The molecule has 0 spiro atoms. The molecule has 1 aromatic rings. The Bertz CT molecular complexity index is 384. The summed E-state index contributed by atoms with van der Waals surface area (Å²) in [5.41, 5.74) is 0.615. The molecule has 0 aliphatic carbocycles. The van der Waals surface area contributed by atoms with Gasteiger partial charge in [0.15, 0.2) is 0 Å². The molecule has 0 bridgehead atoms. The monoisotopic (exact) mass is 273 g/mol. The highest BCUT2D eigenvalue weighted by atomic mass is 35.5. The molecule has 2 atom stereocenters. The number of methoxy groups -OCH3 is 1. The van der Waals surface area contributed by atoms with Crippen molar-refractivity contribution >= 4 is 11.6 Å². The predicted molar refractivity (Wildman–Crippen MR) is 73.6 cm³/mol. The Morgan fingerprint density at radius 2 is 2.06 bits per heavy atom. The Balaban J connectivity index is 2.88. The van der Waals surface area contributed by atoms with Crippen molar-refractivity contribution in [1.82, 2.24) is 5.32 Å². The van der Waals surface area contributed by atoms with E-state index in [1.165, 1.54) is 6.07 Å². The number of hydrogen-bond acceptors (Lipinski definition) is 2. The van der Waals surface area contributed by atoms with Gasteiger partial charge in [0.1, 0.15) is 5.82 Å². The van der Waals surface area contributed by atoms with Crippen LogP contribution in [0, 0.1) is 11.7 Å². The zero-order valence-corrected chi connectivity index (χ0v) is 12.1. The molecule has 2 nitrogen and oxygen atoms in total. The molecule has 0 aliphatic rings. The van der Waals surface area contributed by atoms with Crippen LogP contribution in [0.5, 0.6) is 0 Å². The Morgan fingerprint density at radius 1 is 1.39 bits per heavy atom. The van der Waals surface area contributed by atoms with Crippen LogP contribution >= 0.6 is 11.6 Å². The number of likely N-dealkylation sites (N-methyl/N-ethyl adjacent to an activating group) is 1. The first-order valence-corrected chi connectivity index (χ1v) is 6.51. The van der Waals surface area contributed by atoms with Gasteiger partial charge in [-0.25, -0.2) is 4.39 Å². The van der Waals surface area contributed by atoms with Crippen molar-refractivity contribution in [2.45, 2.75) is 32.4 Å². The van der Waals surface area contributed by atoms with E-state index in [1.54, 1.807) is 19.2 Å². The molecule has 1 aromatic carbocycles. The average Bonchev–Trinajstić information content (AvgIpc) is 2.32. The van der Waals surface area contributed by atoms with Crippen LogP contribution in [0.4, 0.5) is 4.39 Å². The van der Waals surface area contributed by atoms with Crippen LogP contribution in [0.3, 0.4) is 0 Å². The third-order valence-corrected chi connectivity index (χ3v) is 3.38. The average molecular weight is 274 g/mol. The summed E-state index contributed by atoms with van der Waals surface area (Å²) in [5.74, 6) is 0.132. The summed E-state index contributed by atoms with van der Waals surface area (Å²) in [5, 5.41) is 3.75. The summed E-state index contributed by atoms with van der Waals surface area (Å²) in [6.07, 6.45) is 0.591. The van der Waals surface area contributed by atoms with E-state index >= 15 is 0 Å². The van der Waals surface area contributed by atoms with E-state index in [-0.39, 0.29) is 18.0 Å². The zero-order valence-electron chi connectivity index (χ0n) is 11.3. The van der Waals surface area contributed by atoms with Crippen LogP contribution in [0.15, 0.2) is 18.2 Å². The highest BCUT2D eigenvalue weighted by Crippen LogP contribution is 2.20. The summed E-state index contributed by atoms with van der Waals surface area (Å²) in [6.45, 7) is 4.18. The van der Waals surface area contributed by atoms with Gasteiger partial charge in [-0.2, -0.15) is 0 Å². The molecule has 1 rings (SSSR count). The number of benzene rings is 1. The fourth-order valence-electron chi connectivity index (χ4n) is 2.22. The van der Waals surface area contributed by atoms with Crippen molar-refractivity contribution in [1.29, 1.82) is 0 Å². The molecule has 102 valence electrons. The van der Waals surface area contributed by atoms with Gasteiger partial charge in [0.2, 0.25) is 0 Å². The van der Waals surface area contributed by atoms with Crippen molar-refractivity contribution in [3.63, 3.8) is 0 Å². The fraction of sp³-hybridized carbons (Fsp3) is 0.571. The molecular weight excluding hydrogens is 253 g/mol. The molecule has 0 aromatic heterocycles. The number of rotatable bonds is 6. The van der Waals surface area contributed by atoms with Crippen LogP contribution in [0.25, 0.3) is 0 Å². The van der Waals surface area contributed by atoms with Crippen LogP contribution < -0.4 is 5.32 Å². The predicted octanol–water partition coefficient (Wildman–Crippen LogP) is 3.28. The lowest BCUT2D eigenvalue weighted by Gasteiger charge is -2.29. The Morgan fingerprint density at radius 3 is 2.56 bits per heavy atom. The molecule has 0 fully saturated rings. The van der Waals surface area contributed by atoms with Gasteiger partial charge >= 0.3 is 0 Å². The minimum atomic E-state index is -0.224. The smallest absolute Gasteiger partial charge is 0.126 e. The normalized spacial score (nSPS) is 14.8. The van der Waals surface area contributed by atoms with Gasteiger partial charge in [-0.3, -0.25) is 0 Å². The van der Waals surface area contributed by atoms with Gasteiger partial charge < -0.3 is 10.1 Å². The number of hydrogen-bond donors (Lipinski definition) is 1. The molecule has 4 heteroatoms. The number of ether oxygens (including phenoxy) is 1. The van der Waals surface area contributed by atoms with E-state index in [0.29, 0.717) is 22.9 Å². The summed E-state index contributed by atoms with van der Waals surface area (Å²) in [4.78, 5) is 0. The largest absolute Gasteiger partial charge is 0.380 e. The topological polar surface area (TPSA) is 21.3 Å². The van der Waals surface area contributed by atoms with Crippen molar-refractivity contribution in [2.24, 2.45) is 5.92 Å². The molecule has 0 radical (unpaired) electrons. The van der Waals surface area contributed by atoms with E-state index in [9.17, 15) is 4.39 Å². The lowest BCUT2D eigenvalue weighted by molar-refractivity contribution is 0.0352. The minimum Gasteiger partial charge on any atom is -0.380 e. The van der Waals surface area contributed by atoms with Gasteiger partial charge in [0.05, 0.1) is 6.10 Å². The second-order valence-electron chi connectivity index (χ2n) is 4.78. The highest BCUT2D eigenvalue weighted by molar-refractivity contribution is 6.30. The summed E-state index contributed by atoms with van der Waals surface area (Å²) < 4.78 is 19.2. The maximum atomic E-state index is 13.7. The Kier molecular flexibility index (Phi) is 6.06. The van der Waals surface area contributed by atoms with Crippen molar-refractivity contribution in [2.75, 3.05) is 14.2 Å². The summed E-state index contributed by atoms with van der Waals surface area (Å²) >= 11 is 5.90. The van der Waals surface area contributed by atoms with Gasteiger partial charge in [0, 0.05) is 18.2 Å². The molecule has 0 aliphatic heterocycles. The molecule has 0 amide bonds. The van der Waals surface area contributed by atoms with Crippen molar-refractivity contribution in [3.8, 4) is 0 Å². The number of halogens is 2. The van der Waals surface area contributed by atoms with E-state index in [0.717, 1.165) is 0 Å². The third-order valence-electron chi connectivity index (χ3n) is 3.14. The molecular formula is C14H21ClFNO. The van der Waals surface area contributed by atoms with E-state index < -0.39 is 0 Å². The summed E-state index contributed by atoms with van der Waals surface area (Å²) in [7, 11) is 3.55. The fourth-order valence-corrected chi connectivity index (χ4v) is 2.41. The maximum absolute atomic E-state index is 13.7. The number of nitrogens with one attached hydrogen (secondary N) is 1. The molecule has 2 unspecified atom stereocenters. The Hall–Kier alpha value is -0.640. The van der Waals surface area contributed by atoms with Gasteiger partial charge in [-0.1, -0.05) is 25.4 Å². The lowest BCUT2D eigenvalue weighted by atomic mass is 9.94. The highest BCUT2D eigenvalue weighted by Gasteiger charge is 2.24. The molecule has 0 saturated carbocycles. The lowest BCUT2D eigenvalue weighted by Crippen LogP contribution is -2.43. The van der Waals surface area contributed by atoms with Crippen LogP contribution in [-0.2, 0) is 11.2 Å². The maximum Gasteiger partial charge on any atom is 0.126 e. The molecule has 0 heterocycles. The van der Waals surface area contributed by atoms with Gasteiger partial charge in [0.25, 0.3) is 0 Å². The van der Waals surface area contributed by atoms with E-state index in [2.05, 4.69) is 19.2 Å². The van der Waals surface area contributed by atoms with Crippen LogP contribution in [-0.4, -0.2) is 26.3 Å². The first-order valence-electron chi connectivity index (χ1n) is 6.13. The van der Waals surface area contributed by atoms with Crippen LogP contribution in [0.2, 0.25) is 5.02 Å². The standard InChI is InChI=1S/C14H21ClFNO/c1-9(2)14(18-4)13(17-3)8-10-7-11(15)5-6-12(10)16/h5-7,9,13-14,17H,8H2,1-4H3. The van der Waals surface area contributed by atoms with E-state index in [4.69, 9.17) is 16.3 Å². The van der Waals surface area contributed by atoms with Crippen molar-refractivity contribution < 1.29 is 9.13 Å². The van der Waals surface area contributed by atoms with Crippen molar-refractivity contribution in [3.05, 3.63) is 34.6 Å².